The maximum Gasteiger partial charge on any atom is 0.0440 e. The van der Waals surface area contributed by atoms with Crippen LogP contribution in [0.3, 0.4) is 0 Å². The molecule has 0 N–H and O–H groups in total. The normalized spacial score (nSPS) is 30.8. The molecule has 0 fully saturated rings. The molecule has 0 nitrogen and oxygen atoms in total. The van der Waals surface area contributed by atoms with E-state index >= 15 is 0 Å². The van der Waals surface area contributed by atoms with Gasteiger partial charge >= 0.3 is 0 Å². The highest BCUT2D eigenvalue weighted by atomic mass is 32.2. The van der Waals surface area contributed by atoms with Gasteiger partial charge in [-0.25, -0.2) is 0 Å². The van der Waals surface area contributed by atoms with E-state index in [2.05, 4.69) is 59.4 Å². The zero-order valence-corrected chi connectivity index (χ0v) is 13.6. The van der Waals surface area contributed by atoms with Gasteiger partial charge in [0.25, 0.3) is 0 Å². The zero-order valence-electron chi connectivity index (χ0n) is 11.9. The minimum atomic E-state index is -0.152. The van der Waals surface area contributed by atoms with Gasteiger partial charge in [0.1, 0.15) is 0 Å². The summed E-state index contributed by atoms with van der Waals surface area (Å²) < 4.78 is -0.152. The topological polar surface area (TPSA) is 0 Å². The molecule has 2 heteroatoms. The molecule has 1 aromatic rings. The monoisotopic (exact) mass is 278 g/mol. The highest BCUT2D eigenvalue weighted by molar-refractivity contribution is 8.04. The third-order valence-corrected chi connectivity index (χ3v) is 6.59. The number of hydrogen-bond acceptors (Lipinski definition) is 2. The van der Waals surface area contributed by atoms with E-state index in [-0.39, 0.29) is 10.2 Å². The predicted molar refractivity (Wildman–Crippen MR) is 85.8 cm³/mol. The van der Waals surface area contributed by atoms with Crippen LogP contribution in [0.1, 0.15) is 38.8 Å². The Bertz CT molecular complexity index is 498. The summed E-state index contributed by atoms with van der Waals surface area (Å²) in [6.45, 7) is 15.5. The van der Waals surface area contributed by atoms with Crippen molar-refractivity contribution in [2.75, 3.05) is 0 Å². The number of fused-ring (bicyclic) bond motifs is 1. The van der Waals surface area contributed by atoms with Gasteiger partial charge in [0.15, 0.2) is 0 Å². The van der Waals surface area contributed by atoms with Gasteiger partial charge in [0, 0.05) is 9.64 Å². The minimum Gasteiger partial charge on any atom is -0.167 e. The average molecular weight is 278 g/mol. The van der Waals surface area contributed by atoms with Crippen molar-refractivity contribution in [1.82, 2.24) is 0 Å². The van der Waals surface area contributed by atoms with Gasteiger partial charge in [-0.05, 0) is 47.3 Å². The van der Waals surface area contributed by atoms with E-state index in [0.717, 1.165) is 4.91 Å². The van der Waals surface area contributed by atoms with Gasteiger partial charge in [0.2, 0.25) is 0 Å². The Morgan fingerprint density at radius 1 is 1.28 bits per heavy atom. The first-order valence-corrected chi connectivity index (χ1v) is 7.64. The second kappa shape index (κ2) is 4.35. The molecule has 0 saturated heterocycles. The van der Waals surface area contributed by atoms with E-state index < -0.39 is 0 Å². The Balaban J connectivity index is 2.67. The third-order valence-electron chi connectivity index (χ3n) is 4.55. The summed E-state index contributed by atoms with van der Waals surface area (Å²) in [5.74, 6) is 0.428. The fourth-order valence-electron chi connectivity index (χ4n) is 2.66. The lowest BCUT2D eigenvalue weighted by Crippen LogP contribution is -2.39. The number of thiol groups is 1. The lowest BCUT2D eigenvalue weighted by atomic mass is 9.69. The summed E-state index contributed by atoms with van der Waals surface area (Å²) in [6.07, 6.45) is 0. The maximum atomic E-state index is 4.90. The van der Waals surface area contributed by atoms with Gasteiger partial charge in [0.05, 0.1) is 0 Å². The van der Waals surface area contributed by atoms with Crippen molar-refractivity contribution in [2.24, 2.45) is 5.92 Å². The molecule has 1 aliphatic heterocycles. The molecular formula is C16H22S2. The smallest absolute Gasteiger partial charge is 0.0440 e. The molecule has 0 aromatic heterocycles. The molecule has 1 aliphatic rings. The van der Waals surface area contributed by atoms with Crippen LogP contribution < -0.4 is 0 Å². The van der Waals surface area contributed by atoms with Gasteiger partial charge in [-0.2, -0.15) is 12.6 Å². The quantitative estimate of drug-likeness (QED) is 0.635. The van der Waals surface area contributed by atoms with E-state index in [1.165, 1.54) is 16.0 Å². The molecule has 1 unspecified atom stereocenters. The Morgan fingerprint density at radius 2 is 1.89 bits per heavy atom. The lowest BCUT2D eigenvalue weighted by molar-refractivity contribution is 0.304. The van der Waals surface area contributed by atoms with Crippen molar-refractivity contribution in [3.05, 3.63) is 40.8 Å². The average Bonchev–Trinajstić information content (AvgIpc) is 2.30. The highest BCUT2D eigenvalue weighted by Gasteiger charge is 2.44. The SMILES string of the molecule is C=C1Sc2cc(C)ccc2C(C)(C)[C@@H](C)C1(C)S. The first kappa shape index (κ1) is 14.1. The van der Waals surface area contributed by atoms with Gasteiger partial charge < -0.3 is 0 Å². The van der Waals surface area contributed by atoms with Crippen molar-refractivity contribution in [3.8, 4) is 0 Å². The van der Waals surface area contributed by atoms with Crippen LogP contribution in [0.4, 0.5) is 0 Å². The number of rotatable bonds is 0. The Hall–Kier alpha value is -0.340. The summed E-state index contributed by atoms with van der Waals surface area (Å²) in [7, 11) is 0. The van der Waals surface area contributed by atoms with Crippen molar-refractivity contribution < 1.29 is 0 Å². The van der Waals surface area contributed by atoms with Crippen LogP contribution >= 0.6 is 24.4 Å². The maximum absolute atomic E-state index is 4.90. The summed E-state index contributed by atoms with van der Waals surface area (Å²) in [6, 6.07) is 6.75. The Labute approximate surface area is 121 Å². The molecule has 1 aromatic carbocycles. The standard InChI is InChI=1S/C16H22S2/c1-10-7-8-13-14(9-10)18-12(3)16(6,17)11(2)15(13,4)5/h7-9,11,17H,3H2,1-2,4-6H3/t11-,16?/m1/s1. The fraction of sp³-hybridized carbons (Fsp3) is 0.500. The summed E-state index contributed by atoms with van der Waals surface area (Å²) in [5, 5.41) is 0. The second-order valence-electron chi connectivity index (χ2n) is 6.12. The molecule has 2 rings (SSSR count). The van der Waals surface area contributed by atoms with Crippen LogP contribution in [0, 0.1) is 12.8 Å². The lowest BCUT2D eigenvalue weighted by Gasteiger charge is -2.40. The fourth-order valence-corrected chi connectivity index (χ4v) is 4.45. The molecule has 0 saturated carbocycles. The van der Waals surface area contributed by atoms with E-state index in [0.29, 0.717) is 5.92 Å². The summed E-state index contributed by atoms with van der Waals surface area (Å²) in [5.41, 5.74) is 2.83. The molecule has 0 bridgehead atoms. The summed E-state index contributed by atoms with van der Waals surface area (Å²) in [4.78, 5) is 2.49. The predicted octanol–water partition coefficient (Wildman–Crippen LogP) is 5.22. The van der Waals surface area contributed by atoms with E-state index in [1.54, 1.807) is 11.8 Å². The molecular weight excluding hydrogens is 256 g/mol. The zero-order chi connectivity index (χ0) is 13.7. The Kier molecular flexibility index (Phi) is 3.40. The first-order valence-electron chi connectivity index (χ1n) is 6.38. The summed E-state index contributed by atoms with van der Waals surface area (Å²) >= 11 is 6.69. The minimum absolute atomic E-state index is 0.103. The van der Waals surface area contributed by atoms with Crippen molar-refractivity contribution in [2.45, 2.75) is 49.7 Å². The van der Waals surface area contributed by atoms with E-state index in [4.69, 9.17) is 12.6 Å². The number of thioether (sulfide) groups is 1. The van der Waals surface area contributed by atoms with Crippen LogP contribution in [0.15, 0.2) is 34.6 Å². The molecule has 0 spiro atoms. The van der Waals surface area contributed by atoms with Gasteiger partial charge in [-0.3, -0.25) is 0 Å². The molecule has 1 heterocycles. The third kappa shape index (κ3) is 2.04. The second-order valence-corrected chi connectivity index (χ2v) is 8.18. The first-order chi connectivity index (χ1) is 8.17. The molecule has 0 radical (unpaired) electrons. The molecule has 18 heavy (non-hydrogen) atoms. The largest absolute Gasteiger partial charge is 0.167 e. The van der Waals surface area contributed by atoms with Crippen molar-refractivity contribution >= 4 is 24.4 Å². The molecule has 0 aliphatic carbocycles. The van der Waals surface area contributed by atoms with Crippen molar-refractivity contribution in [3.63, 3.8) is 0 Å². The van der Waals surface area contributed by atoms with Crippen LogP contribution in [0.25, 0.3) is 0 Å². The molecule has 0 amide bonds. The Morgan fingerprint density at radius 3 is 2.50 bits per heavy atom. The van der Waals surface area contributed by atoms with Crippen LogP contribution in [-0.4, -0.2) is 4.75 Å². The van der Waals surface area contributed by atoms with E-state index in [1.807, 2.05) is 0 Å². The highest BCUT2D eigenvalue weighted by Crippen LogP contribution is 2.54. The van der Waals surface area contributed by atoms with Gasteiger partial charge in [-0.15, -0.1) is 0 Å². The number of benzene rings is 1. The molecule has 2 atom stereocenters. The van der Waals surface area contributed by atoms with Crippen LogP contribution in [-0.2, 0) is 5.41 Å². The number of aryl methyl sites for hydroxylation is 1. The van der Waals surface area contributed by atoms with Gasteiger partial charge in [-0.1, -0.05) is 51.2 Å². The van der Waals surface area contributed by atoms with Crippen molar-refractivity contribution in [1.29, 1.82) is 0 Å². The van der Waals surface area contributed by atoms with E-state index in [9.17, 15) is 0 Å². The number of hydrogen-bond donors (Lipinski definition) is 1. The van der Waals surface area contributed by atoms with Crippen LogP contribution in [0.2, 0.25) is 0 Å². The molecule has 98 valence electrons. The van der Waals surface area contributed by atoms with Crippen LogP contribution in [0.5, 0.6) is 0 Å².